The first kappa shape index (κ1) is 16.0. The molecule has 1 aromatic rings. The predicted octanol–water partition coefficient (Wildman–Crippen LogP) is 1.17. The number of likely N-dealkylation sites (tertiary alicyclic amines) is 1. The number of hydrogen-bond acceptors (Lipinski definition) is 3. The fourth-order valence-electron chi connectivity index (χ4n) is 3.62. The van der Waals surface area contributed by atoms with Crippen molar-refractivity contribution in [2.45, 2.75) is 38.8 Å². The third kappa shape index (κ3) is 3.72. The lowest BCUT2D eigenvalue weighted by Crippen LogP contribution is -2.47. The summed E-state index contributed by atoms with van der Waals surface area (Å²) >= 11 is 0. The Morgan fingerprint density at radius 2 is 2.00 bits per heavy atom. The summed E-state index contributed by atoms with van der Waals surface area (Å²) < 4.78 is 0. The second-order valence-corrected chi connectivity index (χ2v) is 6.46. The number of fused-ring (bicyclic) bond motifs is 1. The summed E-state index contributed by atoms with van der Waals surface area (Å²) in [5, 5.41) is 3.01. The number of rotatable bonds is 4. The van der Waals surface area contributed by atoms with Crippen molar-refractivity contribution in [3.05, 3.63) is 35.4 Å². The smallest absolute Gasteiger partial charge is 0.242 e. The van der Waals surface area contributed by atoms with Gasteiger partial charge in [0.25, 0.3) is 0 Å². The summed E-state index contributed by atoms with van der Waals surface area (Å²) in [6.45, 7) is 5.73. The van der Waals surface area contributed by atoms with Gasteiger partial charge in [0, 0.05) is 39.6 Å². The topological polar surface area (TPSA) is 52.7 Å². The first-order chi connectivity index (χ1) is 11.1. The van der Waals surface area contributed by atoms with Gasteiger partial charge >= 0.3 is 0 Å². The number of carbonyl (C=O) groups is 2. The van der Waals surface area contributed by atoms with Crippen LogP contribution in [-0.4, -0.2) is 53.8 Å². The number of nitrogens with one attached hydrogen (secondary N) is 1. The maximum atomic E-state index is 12.3. The van der Waals surface area contributed by atoms with E-state index < -0.39 is 0 Å². The van der Waals surface area contributed by atoms with E-state index in [9.17, 15) is 9.59 Å². The highest BCUT2D eigenvalue weighted by molar-refractivity contribution is 5.87. The monoisotopic (exact) mass is 315 g/mol. The standard InChI is InChI=1S/C18H25N3O2/c1-14(22)21-10-4-7-17(21)18(23)19-9-12-20-11-8-15-5-2-3-6-16(15)13-20/h2-3,5-6,17H,4,7-13H2,1H3,(H,19,23). The Hall–Kier alpha value is -1.88. The zero-order valence-electron chi connectivity index (χ0n) is 13.8. The molecule has 1 fully saturated rings. The van der Waals surface area contributed by atoms with Crippen LogP contribution in [0.25, 0.3) is 0 Å². The van der Waals surface area contributed by atoms with Crippen LogP contribution >= 0.6 is 0 Å². The van der Waals surface area contributed by atoms with E-state index in [-0.39, 0.29) is 17.9 Å². The van der Waals surface area contributed by atoms with Gasteiger partial charge in [0.15, 0.2) is 0 Å². The molecule has 2 amide bonds. The molecule has 3 rings (SSSR count). The lowest BCUT2D eigenvalue weighted by molar-refractivity contribution is -0.136. The van der Waals surface area contributed by atoms with E-state index in [1.165, 1.54) is 18.1 Å². The summed E-state index contributed by atoms with van der Waals surface area (Å²) in [5.41, 5.74) is 2.83. The van der Waals surface area contributed by atoms with E-state index in [2.05, 4.69) is 34.5 Å². The van der Waals surface area contributed by atoms with Gasteiger partial charge in [-0.05, 0) is 30.4 Å². The molecule has 1 N–H and O–H groups in total. The average Bonchev–Trinajstić information content (AvgIpc) is 3.04. The Bertz CT molecular complexity index is 587. The van der Waals surface area contributed by atoms with Crippen LogP contribution < -0.4 is 5.32 Å². The number of carbonyl (C=O) groups excluding carboxylic acids is 2. The van der Waals surface area contributed by atoms with E-state index in [1.807, 2.05) is 0 Å². The summed E-state index contributed by atoms with van der Waals surface area (Å²) in [4.78, 5) is 27.9. The Kier molecular flexibility index (Phi) is 4.96. The largest absolute Gasteiger partial charge is 0.353 e. The minimum Gasteiger partial charge on any atom is -0.353 e. The molecule has 23 heavy (non-hydrogen) atoms. The number of nitrogens with zero attached hydrogens (tertiary/aromatic N) is 2. The lowest BCUT2D eigenvalue weighted by Gasteiger charge is -2.29. The first-order valence-corrected chi connectivity index (χ1v) is 8.49. The van der Waals surface area contributed by atoms with E-state index in [1.54, 1.807) is 4.90 Å². The molecule has 124 valence electrons. The highest BCUT2D eigenvalue weighted by Gasteiger charge is 2.32. The van der Waals surface area contributed by atoms with Crippen molar-refractivity contribution in [1.29, 1.82) is 0 Å². The first-order valence-electron chi connectivity index (χ1n) is 8.49. The van der Waals surface area contributed by atoms with Gasteiger partial charge in [0.2, 0.25) is 11.8 Å². The van der Waals surface area contributed by atoms with E-state index >= 15 is 0 Å². The Morgan fingerprint density at radius 3 is 2.78 bits per heavy atom. The van der Waals surface area contributed by atoms with Crippen LogP contribution in [-0.2, 0) is 22.6 Å². The molecular weight excluding hydrogens is 290 g/mol. The molecule has 0 aliphatic carbocycles. The van der Waals surface area contributed by atoms with Gasteiger partial charge in [-0.25, -0.2) is 0 Å². The molecule has 0 spiro atoms. The number of hydrogen-bond donors (Lipinski definition) is 1. The van der Waals surface area contributed by atoms with Gasteiger partial charge in [-0.3, -0.25) is 14.5 Å². The minimum absolute atomic E-state index is 0.00436. The minimum atomic E-state index is -0.269. The molecule has 0 aromatic heterocycles. The van der Waals surface area contributed by atoms with Gasteiger partial charge in [-0.15, -0.1) is 0 Å². The zero-order chi connectivity index (χ0) is 16.2. The molecule has 0 saturated carbocycles. The van der Waals surface area contributed by atoms with Crippen LogP contribution in [0.1, 0.15) is 30.9 Å². The van der Waals surface area contributed by atoms with Crippen molar-refractivity contribution in [1.82, 2.24) is 15.1 Å². The molecule has 0 radical (unpaired) electrons. The molecule has 2 aliphatic rings. The number of amides is 2. The van der Waals surface area contributed by atoms with Crippen molar-refractivity contribution >= 4 is 11.8 Å². The van der Waals surface area contributed by atoms with Crippen molar-refractivity contribution in [3.63, 3.8) is 0 Å². The summed E-state index contributed by atoms with van der Waals surface area (Å²) in [7, 11) is 0. The molecular formula is C18H25N3O2. The average molecular weight is 315 g/mol. The fraction of sp³-hybridized carbons (Fsp3) is 0.556. The highest BCUT2D eigenvalue weighted by atomic mass is 16.2. The van der Waals surface area contributed by atoms with Gasteiger partial charge in [-0.1, -0.05) is 24.3 Å². The molecule has 1 unspecified atom stereocenters. The molecule has 5 heteroatoms. The maximum absolute atomic E-state index is 12.3. The Labute approximate surface area is 137 Å². The zero-order valence-corrected chi connectivity index (χ0v) is 13.8. The Morgan fingerprint density at radius 1 is 1.22 bits per heavy atom. The molecule has 1 aromatic carbocycles. The molecule has 0 bridgehead atoms. The number of benzene rings is 1. The van der Waals surface area contributed by atoms with Crippen molar-refractivity contribution < 1.29 is 9.59 Å². The fourth-order valence-corrected chi connectivity index (χ4v) is 3.62. The predicted molar refractivity (Wildman–Crippen MR) is 88.8 cm³/mol. The summed E-state index contributed by atoms with van der Waals surface area (Å²) in [6, 6.07) is 8.29. The van der Waals surface area contributed by atoms with Crippen LogP contribution in [0.15, 0.2) is 24.3 Å². The van der Waals surface area contributed by atoms with Crippen LogP contribution in [0, 0.1) is 0 Å². The van der Waals surface area contributed by atoms with Gasteiger partial charge in [-0.2, -0.15) is 0 Å². The summed E-state index contributed by atoms with van der Waals surface area (Å²) in [6.07, 6.45) is 2.77. The molecule has 2 heterocycles. The molecule has 1 atom stereocenters. The van der Waals surface area contributed by atoms with E-state index in [0.29, 0.717) is 13.1 Å². The third-order valence-electron chi connectivity index (χ3n) is 4.90. The molecule has 5 nitrogen and oxygen atoms in total. The van der Waals surface area contributed by atoms with Crippen molar-refractivity contribution in [2.24, 2.45) is 0 Å². The lowest BCUT2D eigenvalue weighted by atomic mass is 10.00. The Balaban J connectivity index is 1.45. The van der Waals surface area contributed by atoms with Crippen LogP contribution in [0.2, 0.25) is 0 Å². The molecule has 1 saturated heterocycles. The van der Waals surface area contributed by atoms with Crippen LogP contribution in [0.5, 0.6) is 0 Å². The molecule has 2 aliphatic heterocycles. The SMILES string of the molecule is CC(=O)N1CCCC1C(=O)NCCN1CCc2ccccc2C1. The van der Waals surface area contributed by atoms with Gasteiger partial charge < -0.3 is 10.2 Å². The third-order valence-corrected chi connectivity index (χ3v) is 4.90. The summed E-state index contributed by atoms with van der Waals surface area (Å²) in [5.74, 6) is -0.00889. The van der Waals surface area contributed by atoms with Crippen LogP contribution in [0.4, 0.5) is 0 Å². The van der Waals surface area contributed by atoms with Crippen molar-refractivity contribution in [2.75, 3.05) is 26.2 Å². The maximum Gasteiger partial charge on any atom is 0.242 e. The van der Waals surface area contributed by atoms with Gasteiger partial charge in [0.1, 0.15) is 6.04 Å². The quantitative estimate of drug-likeness (QED) is 0.907. The highest BCUT2D eigenvalue weighted by Crippen LogP contribution is 2.18. The van der Waals surface area contributed by atoms with E-state index in [0.717, 1.165) is 38.9 Å². The van der Waals surface area contributed by atoms with E-state index in [4.69, 9.17) is 0 Å². The normalized spacial score (nSPS) is 21.1. The van der Waals surface area contributed by atoms with Crippen molar-refractivity contribution in [3.8, 4) is 0 Å². The van der Waals surface area contributed by atoms with Crippen LogP contribution in [0.3, 0.4) is 0 Å². The van der Waals surface area contributed by atoms with Gasteiger partial charge in [0.05, 0.1) is 0 Å². The second-order valence-electron chi connectivity index (χ2n) is 6.46. The second kappa shape index (κ2) is 7.13.